The molecule has 1 saturated heterocycles. The Labute approximate surface area is 159 Å². The van der Waals surface area contributed by atoms with Gasteiger partial charge in [-0.25, -0.2) is 4.79 Å². The predicted octanol–water partition coefficient (Wildman–Crippen LogP) is 4.99. The van der Waals surface area contributed by atoms with Crippen LogP contribution in [0.2, 0.25) is 0 Å². The second-order valence-electron chi connectivity index (χ2n) is 6.52. The van der Waals surface area contributed by atoms with Gasteiger partial charge in [-0.3, -0.25) is 0 Å². The van der Waals surface area contributed by atoms with Crippen molar-refractivity contribution < 1.29 is 13.9 Å². The zero-order valence-electron chi connectivity index (χ0n) is 15.1. The van der Waals surface area contributed by atoms with E-state index in [4.69, 9.17) is 9.15 Å². The summed E-state index contributed by atoms with van der Waals surface area (Å²) in [5.74, 6) is 1.75. The SMILES string of the molecule is CN(CCC1CCCCO1)C(=O)Nc1ccc(SCc2ccco2)cc1. The molecule has 0 radical (unpaired) electrons. The molecule has 2 amide bonds. The van der Waals surface area contributed by atoms with E-state index in [0.29, 0.717) is 12.6 Å². The maximum Gasteiger partial charge on any atom is 0.321 e. The van der Waals surface area contributed by atoms with Gasteiger partial charge in [0.25, 0.3) is 0 Å². The minimum absolute atomic E-state index is 0.0863. The van der Waals surface area contributed by atoms with Gasteiger partial charge >= 0.3 is 6.03 Å². The van der Waals surface area contributed by atoms with Crippen molar-refractivity contribution in [2.75, 3.05) is 25.5 Å². The highest BCUT2D eigenvalue weighted by Crippen LogP contribution is 2.24. The van der Waals surface area contributed by atoms with Gasteiger partial charge in [-0.1, -0.05) is 0 Å². The predicted molar refractivity (Wildman–Crippen MR) is 105 cm³/mol. The summed E-state index contributed by atoms with van der Waals surface area (Å²) in [6.45, 7) is 1.55. The minimum Gasteiger partial charge on any atom is -0.468 e. The van der Waals surface area contributed by atoms with E-state index >= 15 is 0 Å². The van der Waals surface area contributed by atoms with Crippen LogP contribution < -0.4 is 5.32 Å². The normalized spacial score (nSPS) is 17.0. The number of benzene rings is 1. The van der Waals surface area contributed by atoms with Gasteiger partial charge < -0.3 is 19.4 Å². The fourth-order valence-electron chi connectivity index (χ4n) is 2.88. The van der Waals surface area contributed by atoms with E-state index in [1.165, 1.54) is 6.42 Å². The number of hydrogen-bond acceptors (Lipinski definition) is 4. The summed E-state index contributed by atoms with van der Waals surface area (Å²) in [5, 5.41) is 2.94. The third-order valence-corrected chi connectivity index (χ3v) is 5.51. The standard InChI is InChI=1S/C20H26N2O3S/c1-22(12-11-17-5-2-3-13-24-17)20(23)21-16-7-9-19(10-8-16)26-15-18-6-4-14-25-18/h4,6-10,14,17H,2-3,5,11-13,15H2,1H3,(H,21,23). The summed E-state index contributed by atoms with van der Waals surface area (Å²) in [6, 6.07) is 11.7. The first kappa shape index (κ1) is 18.9. The van der Waals surface area contributed by atoms with Gasteiger partial charge in [0.05, 0.1) is 18.1 Å². The zero-order valence-corrected chi connectivity index (χ0v) is 16.0. The molecule has 0 bridgehead atoms. The Morgan fingerprint density at radius 1 is 1.27 bits per heavy atom. The molecule has 5 nitrogen and oxygen atoms in total. The first-order valence-electron chi connectivity index (χ1n) is 9.09. The molecule has 2 heterocycles. The number of carbonyl (C=O) groups excluding carboxylic acids is 1. The fraction of sp³-hybridized carbons (Fsp3) is 0.450. The summed E-state index contributed by atoms with van der Waals surface area (Å²) in [5.41, 5.74) is 0.804. The van der Waals surface area contributed by atoms with E-state index in [-0.39, 0.29) is 6.03 Å². The summed E-state index contributed by atoms with van der Waals surface area (Å²) in [4.78, 5) is 15.2. The van der Waals surface area contributed by atoms with Crippen molar-refractivity contribution in [1.82, 2.24) is 4.90 Å². The van der Waals surface area contributed by atoms with Crippen LogP contribution in [0.1, 0.15) is 31.4 Å². The molecule has 1 aliphatic heterocycles. The van der Waals surface area contributed by atoms with Gasteiger partial charge in [-0.15, -0.1) is 11.8 Å². The highest BCUT2D eigenvalue weighted by molar-refractivity contribution is 7.98. The monoisotopic (exact) mass is 374 g/mol. The number of nitrogens with zero attached hydrogens (tertiary/aromatic N) is 1. The van der Waals surface area contributed by atoms with Gasteiger partial charge in [0.1, 0.15) is 5.76 Å². The first-order valence-corrected chi connectivity index (χ1v) is 10.1. The smallest absolute Gasteiger partial charge is 0.321 e. The van der Waals surface area contributed by atoms with E-state index < -0.39 is 0 Å². The zero-order chi connectivity index (χ0) is 18.2. The lowest BCUT2D eigenvalue weighted by Crippen LogP contribution is -2.34. The Kier molecular flexibility index (Phi) is 7.03. The molecule has 0 aliphatic carbocycles. The molecular formula is C20H26N2O3S. The van der Waals surface area contributed by atoms with Crippen LogP contribution in [0.3, 0.4) is 0 Å². The van der Waals surface area contributed by atoms with E-state index in [9.17, 15) is 4.79 Å². The lowest BCUT2D eigenvalue weighted by Gasteiger charge is -2.25. The summed E-state index contributed by atoms with van der Waals surface area (Å²) >= 11 is 1.71. The largest absolute Gasteiger partial charge is 0.468 e. The number of carbonyl (C=O) groups is 1. The van der Waals surface area contributed by atoms with Crippen molar-refractivity contribution in [1.29, 1.82) is 0 Å². The minimum atomic E-state index is -0.0863. The van der Waals surface area contributed by atoms with Crippen LogP contribution >= 0.6 is 11.8 Å². The van der Waals surface area contributed by atoms with Crippen LogP contribution in [-0.2, 0) is 10.5 Å². The number of anilines is 1. The molecule has 6 heteroatoms. The van der Waals surface area contributed by atoms with Crippen molar-refractivity contribution in [3.63, 3.8) is 0 Å². The molecule has 1 aromatic heterocycles. The van der Waals surface area contributed by atoms with Crippen LogP contribution in [0.4, 0.5) is 10.5 Å². The molecule has 1 unspecified atom stereocenters. The maximum atomic E-state index is 12.3. The molecule has 2 aromatic rings. The first-order chi connectivity index (χ1) is 12.7. The Morgan fingerprint density at radius 2 is 2.12 bits per heavy atom. The number of nitrogens with one attached hydrogen (secondary N) is 1. The Bertz CT molecular complexity index is 667. The van der Waals surface area contributed by atoms with Crippen LogP contribution in [0, 0.1) is 0 Å². The molecule has 1 aromatic carbocycles. The number of amides is 2. The molecule has 1 aliphatic rings. The molecule has 3 rings (SSSR count). The molecule has 0 spiro atoms. The number of rotatable bonds is 7. The van der Waals surface area contributed by atoms with Crippen molar-refractivity contribution in [2.45, 2.75) is 42.4 Å². The number of ether oxygens (including phenoxy) is 1. The number of urea groups is 1. The molecule has 0 saturated carbocycles. The summed E-state index contributed by atoms with van der Waals surface area (Å²) < 4.78 is 11.1. The average molecular weight is 375 g/mol. The molecule has 26 heavy (non-hydrogen) atoms. The molecule has 1 atom stereocenters. The molecule has 1 N–H and O–H groups in total. The van der Waals surface area contributed by atoms with Gasteiger partial charge in [0, 0.05) is 30.8 Å². The maximum absolute atomic E-state index is 12.3. The molecular weight excluding hydrogens is 348 g/mol. The van der Waals surface area contributed by atoms with E-state index in [0.717, 1.165) is 48.0 Å². The van der Waals surface area contributed by atoms with Crippen molar-refractivity contribution >= 4 is 23.5 Å². The van der Waals surface area contributed by atoms with Crippen LogP contribution in [0.25, 0.3) is 0 Å². The Balaban J connectivity index is 1.41. The second-order valence-corrected chi connectivity index (χ2v) is 7.57. The van der Waals surface area contributed by atoms with Crippen LogP contribution in [0.15, 0.2) is 52.0 Å². The van der Waals surface area contributed by atoms with Gasteiger partial charge in [-0.2, -0.15) is 0 Å². The Hall–Kier alpha value is -1.92. The van der Waals surface area contributed by atoms with Crippen molar-refractivity contribution in [3.05, 3.63) is 48.4 Å². The van der Waals surface area contributed by atoms with E-state index in [1.54, 1.807) is 22.9 Å². The topological polar surface area (TPSA) is 54.7 Å². The lowest BCUT2D eigenvalue weighted by atomic mass is 10.1. The Morgan fingerprint density at radius 3 is 2.81 bits per heavy atom. The van der Waals surface area contributed by atoms with E-state index in [1.807, 2.05) is 43.4 Å². The lowest BCUT2D eigenvalue weighted by molar-refractivity contribution is 0.00848. The quantitative estimate of drug-likeness (QED) is 0.693. The highest BCUT2D eigenvalue weighted by atomic mass is 32.2. The van der Waals surface area contributed by atoms with Crippen LogP contribution in [0.5, 0.6) is 0 Å². The average Bonchev–Trinajstić information content (AvgIpc) is 3.20. The molecule has 140 valence electrons. The second kappa shape index (κ2) is 9.69. The van der Waals surface area contributed by atoms with Crippen molar-refractivity contribution in [3.8, 4) is 0 Å². The number of thioether (sulfide) groups is 1. The highest BCUT2D eigenvalue weighted by Gasteiger charge is 2.16. The van der Waals surface area contributed by atoms with Gasteiger partial charge in [0.2, 0.25) is 0 Å². The van der Waals surface area contributed by atoms with Gasteiger partial charge in [0.15, 0.2) is 0 Å². The summed E-state index contributed by atoms with van der Waals surface area (Å²) in [7, 11) is 1.83. The third kappa shape index (κ3) is 5.81. The van der Waals surface area contributed by atoms with Gasteiger partial charge in [-0.05, 0) is 62.1 Å². The third-order valence-electron chi connectivity index (χ3n) is 4.47. The number of hydrogen-bond donors (Lipinski definition) is 1. The van der Waals surface area contributed by atoms with Crippen LogP contribution in [-0.4, -0.2) is 37.2 Å². The number of furan rings is 1. The van der Waals surface area contributed by atoms with E-state index in [2.05, 4.69) is 5.32 Å². The van der Waals surface area contributed by atoms with Crippen molar-refractivity contribution in [2.24, 2.45) is 0 Å². The fourth-order valence-corrected chi connectivity index (χ4v) is 3.68. The summed E-state index contributed by atoms with van der Waals surface area (Å²) in [6.07, 6.45) is 6.36. The molecule has 1 fully saturated rings.